The molecule has 258 valence electrons. The van der Waals surface area contributed by atoms with E-state index in [1.54, 1.807) is 12.3 Å². The van der Waals surface area contributed by atoms with E-state index in [0.717, 1.165) is 65.5 Å². The van der Waals surface area contributed by atoms with E-state index in [9.17, 15) is 0 Å². The van der Waals surface area contributed by atoms with E-state index >= 15 is 9.59 Å². The Labute approximate surface area is 315 Å². The number of carbonyl (C=O) groups is 2. The predicted octanol–water partition coefficient (Wildman–Crippen LogP) is 10.8. The number of imide groups is 1. The van der Waals surface area contributed by atoms with E-state index in [1.807, 2.05) is 127 Å². The number of rotatable bonds is 5. The van der Waals surface area contributed by atoms with Crippen molar-refractivity contribution in [1.82, 2.24) is 19.1 Å². The van der Waals surface area contributed by atoms with Crippen molar-refractivity contribution >= 4 is 61.4 Å². The highest BCUT2D eigenvalue weighted by Gasteiger charge is 2.44. The molecule has 7 heteroatoms. The second-order valence-corrected chi connectivity index (χ2v) is 13.7. The van der Waals surface area contributed by atoms with Crippen molar-refractivity contribution in [3.63, 3.8) is 0 Å². The van der Waals surface area contributed by atoms with Gasteiger partial charge in [-0.2, -0.15) is 0 Å². The van der Waals surface area contributed by atoms with Crippen LogP contribution < -0.4 is 4.90 Å². The first-order valence-corrected chi connectivity index (χ1v) is 18.2. The van der Waals surface area contributed by atoms with Gasteiger partial charge >= 0.3 is 0 Å². The maximum absolute atomic E-state index is 15.2. The minimum atomic E-state index is -0.465. The summed E-state index contributed by atoms with van der Waals surface area (Å²) in [4.78, 5) is 41.1. The highest BCUT2D eigenvalue weighted by molar-refractivity contribution is 6.45. The van der Waals surface area contributed by atoms with Crippen LogP contribution in [0, 0.1) is 0 Å². The molecule has 10 aromatic rings. The van der Waals surface area contributed by atoms with Gasteiger partial charge in [0, 0.05) is 44.7 Å². The maximum Gasteiger partial charge on any atom is 0.270 e. The van der Waals surface area contributed by atoms with E-state index < -0.39 is 11.8 Å². The summed E-state index contributed by atoms with van der Waals surface area (Å²) in [6.45, 7) is 0. The third-order valence-corrected chi connectivity index (χ3v) is 10.7. The van der Waals surface area contributed by atoms with Crippen LogP contribution >= 0.6 is 0 Å². The molecule has 7 nitrogen and oxygen atoms in total. The van der Waals surface area contributed by atoms with Crippen LogP contribution in [0.15, 0.2) is 176 Å². The number of amides is 2. The predicted molar refractivity (Wildman–Crippen MR) is 219 cm³/mol. The van der Waals surface area contributed by atoms with Gasteiger partial charge in [0.1, 0.15) is 0 Å². The molecule has 0 saturated heterocycles. The molecule has 0 fully saturated rings. The second-order valence-electron chi connectivity index (χ2n) is 13.7. The number of para-hydroxylation sites is 4. The Morgan fingerprint density at radius 1 is 0.418 bits per heavy atom. The summed E-state index contributed by atoms with van der Waals surface area (Å²) in [5.74, 6) is -0.899. The SMILES string of the molecule is O=C1c2c(c3c(c4ccccc4n3-c3ccccc3)c3c4ccccc4n(-c4ccccc4)c23)C(=O)N1c1nccc(-c2ccc(-c3ccccc3)cc2)n1. The highest BCUT2D eigenvalue weighted by Crippen LogP contribution is 2.48. The quantitative estimate of drug-likeness (QED) is 0.167. The summed E-state index contributed by atoms with van der Waals surface area (Å²) < 4.78 is 4.25. The number of anilines is 1. The van der Waals surface area contributed by atoms with Crippen molar-refractivity contribution in [2.75, 3.05) is 4.90 Å². The van der Waals surface area contributed by atoms with E-state index in [2.05, 4.69) is 50.5 Å². The van der Waals surface area contributed by atoms with Crippen LogP contribution in [0.4, 0.5) is 5.95 Å². The number of hydrogen-bond donors (Lipinski definition) is 0. The van der Waals surface area contributed by atoms with Crippen LogP contribution in [0.25, 0.3) is 77.4 Å². The largest absolute Gasteiger partial charge is 0.308 e. The lowest BCUT2D eigenvalue weighted by Gasteiger charge is -2.13. The Bertz CT molecular complexity index is 3020. The van der Waals surface area contributed by atoms with Crippen molar-refractivity contribution in [3.8, 4) is 33.8 Å². The molecule has 0 saturated carbocycles. The summed E-state index contributed by atoms with van der Waals surface area (Å²) in [7, 11) is 0. The van der Waals surface area contributed by atoms with Crippen molar-refractivity contribution in [2.45, 2.75) is 0 Å². The fourth-order valence-electron chi connectivity index (χ4n) is 8.38. The smallest absolute Gasteiger partial charge is 0.270 e. The third kappa shape index (κ3) is 4.50. The molecule has 0 atom stereocenters. The topological polar surface area (TPSA) is 73.0 Å². The summed E-state index contributed by atoms with van der Waals surface area (Å²) in [5.41, 5.74) is 9.30. The van der Waals surface area contributed by atoms with Gasteiger partial charge in [-0.25, -0.2) is 14.9 Å². The van der Waals surface area contributed by atoms with Crippen molar-refractivity contribution in [2.24, 2.45) is 0 Å². The molecular weight excluding hydrogens is 679 g/mol. The summed E-state index contributed by atoms with van der Waals surface area (Å²) in [6, 6.07) is 56.5. The van der Waals surface area contributed by atoms with Gasteiger partial charge in [0.2, 0.25) is 5.95 Å². The first-order chi connectivity index (χ1) is 27.2. The molecule has 0 spiro atoms. The molecule has 0 aliphatic carbocycles. The summed E-state index contributed by atoms with van der Waals surface area (Å²) in [5, 5.41) is 3.80. The molecular formula is C48H29N5O2. The van der Waals surface area contributed by atoms with E-state index in [-0.39, 0.29) is 5.95 Å². The molecule has 3 aromatic heterocycles. The Morgan fingerprint density at radius 3 is 1.38 bits per heavy atom. The van der Waals surface area contributed by atoms with Crippen LogP contribution in [0.5, 0.6) is 0 Å². The molecule has 0 unspecified atom stereocenters. The van der Waals surface area contributed by atoms with E-state index in [1.165, 1.54) is 0 Å². The van der Waals surface area contributed by atoms with Crippen LogP contribution in [0.1, 0.15) is 20.7 Å². The highest BCUT2D eigenvalue weighted by atomic mass is 16.2. The van der Waals surface area contributed by atoms with Gasteiger partial charge in [-0.05, 0) is 53.6 Å². The lowest BCUT2D eigenvalue weighted by atomic mass is 9.98. The van der Waals surface area contributed by atoms with Gasteiger partial charge in [0.05, 0.1) is 38.9 Å². The molecule has 0 N–H and O–H groups in total. The van der Waals surface area contributed by atoms with Gasteiger partial charge in [-0.1, -0.05) is 127 Å². The van der Waals surface area contributed by atoms with E-state index in [0.29, 0.717) is 27.9 Å². The second kappa shape index (κ2) is 11.9. The first kappa shape index (κ1) is 30.9. The fourth-order valence-corrected chi connectivity index (χ4v) is 8.38. The van der Waals surface area contributed by atoms with Crippen LogP contribution in [0.2, 0.25) is 0 Å². The minimum absolute atomic E-state index is 0.0295. The molecule has 2 amide bonds. The molecule has 7 aromatic carbocycles. The first-order valence-electron chi connectivity index (χ1n) is 18.2. The average Bonchev–Trinajstić information content (AvgIpc) is 3.86. The van der Waals surface area contributed by atoms with Crippen molar-refractivity contribution in [3.05, 3.63) is 187 Å². The lowest BCUT2D eigenvalue weighted by Crippen LogP contribution is -2.31. The molecule has 4 heterocycles. The summed E-state index contributed by atoms with van der Waals surface area (Å²) >= 11 is 0. The van der Waals surface area contributed by atoms with Crippen LogP contribution in [-0.4, -0.2) is 30.9 Å². The van der Waals surface area contributed by atoms with Crippen molar-refractivity contribution in [1.29, 1.82) is 0 Å². The number of carbonyl (C=O) groups excluding carboxylic acids is 2. The average molecular weight is 708 g/mol. The fraction of sp³-hybridized carbons (Fsp3) is 0. The van der Waals surface area contributed by atoms with Gasteiger partial charge in [0.25, 0.3) is 11.8 Å². The van der Waals surface area contributed by atoms with Gasteiger partial charge in [0.15, 0.2) is 0 Å². The number of aromatic nitrogens is 4. The number of benzene rings is 7. The van der Waals surface area contributed by atoms with Crippen LogP contribution in [-0.2, 0) is 0 Å². The monoisotopic (exact) mass is 707 g/mol. The zero-order valence-electron chi connectivity index (χ0n) is 29.3. The molecule has 0 bridgehead atoms. The maximum atomic E-state index is 15.2. The molecule has 55 heavy (non-hydrogen) atoms. The van der Waals surface area contributed by atoms with Crippen molar-refractivity contribution < 1.29 is 9.59 Å². The molecule has 1 aliphatic rings. The zero-order chi connectivity index (χ0) is 36.6. The van der Waals surface area contributed by atoms with E-state index in [4.69, 9.17) is 4.98 Å². The van der Waals surface area contributed by atoms with Gasteiger partial charge in [-0.15, -0.1) is 0 Å². The molecule has 0 radical (unpaired) electrons. The Morgan fingerprint density at radius 2 is 0.855 bits per heavy atom. The van der Waals surface area contributed by atoms with Gasteiger partial charge < -0.3 is 9.13 Å². The number of nitrogens with zero attached hydrogens (tertiary/aromatic N) is 5. The Balaban J connectivity index is 1.21. The Kier molecular flexibility index (Phi) is 6.72. The normalized spacial score (nSPS) is 12.8. The number of fused-ring (bicyclic) bond motifs is 10. The molecule has 11 rings (SSSR count). The Hall–Kier alpha value is -7.64. The standard InChI is InChI=1S/C48H29N5O2/c54-46-42-43(47(55)53(46)48-49-29-28-37(50-48)32-26-24-31(25-27-32)30-14-4-1-5-15-30)45-41(36-21-11-13-23-39(36)52(45)34-18-8-3-9-19-34)40-35-20-10-12-22-38(35)51(44(40)42)33-16-6-2-7-17-33/h1-29H. The zero-order valence-corrected chi connectivity index (χ0v) is 29.3. The number of hydrogen-bond acceptors (Lipinski definition) is 4. The summed E-state index contributed by atoms with van der Waals surface area (Å²) in [6.07, 6.45) is 1.61. The lowest BCUT2D eigenvalue weighted by molar-refractivity contribution is 0.0924. The molecule has 1 aliphatic heterocycles. The minimum Gasteiger partial charge on any atom is -0.308 e. The third-order valence-electron chi connectivity index (χ3n) is 10.7. The van der Waals surface area contributed by atoms with Gasteiger partial charge in [-0.3, -0.25) is 9.59 Å². The van der Waals surface area contributed by atoms with Crippen LogP contribution in [0.3, 0.4) is 0 Å².